The molecular formula is C20H19N5O2S. The minimum absolute atomic E-state index is 0.121. The Labute approximate surface area is 165 Å². The number of anilines is 2. The summed E-state index contributed by atoms with van der Waals surface area (Å²) in [7, 11) is 0. The van der Waals surface area contributed by atoms with E-state index in [1.165, 1.54) is 18.3 Å². The number of fused-ring (bicyclic) bond motifs is 2. The maximum atomic E-state index is 12.6. The largest absolute Gasteiger partial charge is 0.324 e. The lowest BCUT2D eigenvalue weighted by atomic mass is 10.3. The van der Waals surface area contributed by atoms with Gasteiger partial charge in [-0.15, -0.1) is 0 Å². The molecule has 0 radical (unpaired) electrons. The molecular weight excluding hydrogens is 374 g/mol. The molecule has 2 amide bonds. The van der Waals surface area contributed by atoms with Gasteiger partial charge in [0.15, 0.2) is 5.13 Å². The number of carbonyl (C=O) groups is 2. The summed E-state index contributed by atoms with van der Waals surface area (Å²) in [5.74, 6) is 0.602. The quantitative estimate of drug-likeness (QED) is 0.540. The molecule has 0 aliphatic rings. The summed E-state index contributed by atoms with van der Waals surface area (Å²) in [6.07, 6.45) is 0.751. The predicted octanol–water partition coefficient (Wildman–Crippen LogP) is 3.81. The molecule has 2 aromatic carbocycles. The second-order valence-corrected chi connectivity index (χ2v) is 7.42. The van der Waals surface area contributed by atoms with Gasteiger partial charge in [-0.05, 0) is 30.3 Å². The number of amides is 2. The fourth-order valence-corrected chi connectivity index (χ4v) is 4.07. The molecule has 0 aliphatic carbocycles. The van der Waals surface area contributed by atoms with Crippen molar-refractivity contribution in [3.8, 4) is 0 Å². The number of benzene rings is 2. The van der Waals surface area contributed by atoms with Gasteiger partial charge in [-0.1, -0.05) is 30.4 Å². The first-order valence-electron chi connectivity index (χ1n) is 8.95. The third kappa shape index (κ3) is 3.59. The van der Waals surface area contributed by atoms with Crippen molar-refractivity contribution < 1.29 is 9.59 Å². The molecule has 7 nitrogen and oxygen atoms in total. The summed E-state index contributed by atoms with van der Waals surface area (Å²) in [6.45, 7) is 3.67. The van der Waals surface area contributed by atoms with Crippen LogP contribution in [0.2, 0.25) is 0 Å². The highest BCUT2D eigenvalue weighted by atomic mass is 32.1. The number of hydrogen-bond donors (Lipinski definition) is 2. The average molecular weight is 393 g/mol. The van der Waals surface area contributed by atoms with Crippen LogP contribution in [0.25, 0.3) is 21.3 Å². The fourth-order valence-electron chi connectivity index (χ4n) is 3.12. The van der Waals surface area contributed by atoms with E-state index < -0.39 is 0 Å². The second kappa shape index (κ2) is 7.40. The van der Waals surface area contributed by atoms with Crippen molar-refractivity contribution in [1.29, 1.82) is 0 Å². The van der Waals surface area contributed by atoms with Crippen LogP contribution in [0.3, 0.4) is 0 Å². The maximum absolute atomic E-state index is 12.6. The molecule has 0 spiro atoms. The first-order chi connectivity index (χ1) is 13.5. The highest BCUT2D eigenvalue weighted by Crippen LogP contribution is 2.28. The van der Waals surface area contributed by atoms with Crippen molar-refractivity contribution in [2.24, 2.45) is 0 Å². The van der Waals surface area contributed by atoms with Gasteiger partial charge in [0, 0.05) is 19.0 Å². The van der Waals surface area contributed by atoms with Crippen molar-refractivity contribution in [3.63, 3.8) is 0 Å². The molecule has 0 aliphatic heterocycles. The smallest absolute Gasteiger partial charge is 0.244 e. The van der Waals surface area contributed by atoms with Crippen LogP contribution >= 0.6 is 11.3 Å². The SMILES string of the molecule is CCc1nc2ccccc2n1CC(=O)Nc1ccc2nc(NC(C)=O)sc2c1. The van der Waals surface area contributed by atoms with E-state index in [2.05, 4.69) is 20.6 Å². The Morgan fingerprint density at radius 2 is 1.89 bits per heavy atom. The maximum Gasteiger partial charge on any atom is 0.244 e. The molecule has 0 unspecified atom stereocenters. The molecule has 28 heavy (non-hydrogen) atoms. The zero-order chi connectivity index (χ0) is 19.7. The summed E-state index contributed by atoms with van der Waals surface area (Å²) in [5.41, 5.74) is 3.31. The van der Waals surface area contributed by atoms with Gasteiger partial charge in [0.2, 0.25) is 11.8 Å². The molecule has 2 aromatic heterocycles. The molecule has 0 bridgehead atoms. The van der Waals surface area contributed by atoms with Gasteiger partial charge in [0.1, 0.15) is 12.4 Å². The van der Waals surface area contributed by atoms with E-state index in [1.54, 1.807) is 0 Å². The first kappa shape index (κ1) is 18.1. The van der Waals surface area contributed by atoms with Gasteiger partial charge in [-0.2, -0.15) is 0 Å². The topological polar surface area (TPSA) is 88.9 Å². The molecule has 0 atom stereocenters. The summed E-state index contributed by atoms with van der Waals surface area (Å²) < 4.78 is 2.84. The van der Waals surface area contributed by atoms with Gasteiger partial charge < -0.3 is 15.2 Å². The van der Waals surface area contributed by atoms with E-state index >= 15 is 0 Å². The van der Waals surface area contributed by atoms with Crippen molar-refractivity contribution in [1.82, 2.24) is 14.5 Å². The van der Waals surface area contributed by atoms with Gasteiger partial charge in [-0.3, -0.25) is 9.59 Å². The molecule has 4 rings (SSSR count). The average Bonchev–Trinajstić information content (AvgIpc) is 3.21. The number of imidazole rings is 1. The number of nitrogens with one attached hydrogen (secondary N) is 2. The van der Waals surface area contributed by atoms with E-state index in [1.807, 2.05) is 54.0 Å². The van der Waals surface area contributed by atoms with E-state index in [-0.39, 0.29) is 18.4 Å². The Morgan fingerprint density at radius 1 is 1.07 bits per heavy atom. The monoisotopic (exact) mass is 393 g/mol. The van der Waals surface area contributed by atoms with Crippen LogP contribution in [0.5, 0.6) is 0 Å². The lowest BCUT2D eigenvalue weighted by Crippen LogP contribution is -2.20. The third-order valence-corrected chi connectivity index (χ3v) is 5.24. The van der Waals surface area contributed by atoms with Gasteiger partial charge in [-0.25, -0.2) is 9.97 Å². The predicted molar refractivity (Wildman–Crippen MR) is 112 cm³/mol. The lowest BCUT2D eigenvalue weighted by Gasteiger charge is -2.09. The highest BCUT2D eigenvalue weighted by molar-refractivity contribution is 7.22. The van der Waals surface area contributed by atoms with Crippen molar-refractivity contribution >= 4 is 55.2 Å². The second-order valence-electron chi connectivity index (χ2n) is 6.39. The van der Waals surface area contributed by atoms with E-state index in [9.17, 15) is 9.59 Å². The molecule has 0 fully saturated rings. The minimum Gasteiger partial charge on any atom is -0.324 e. The number of hydrogen-bond acceptors (Lipinski definition) is 5. The van der Waals surface area contributed by atoms with Crippen LogP contribution in [0.1, 0.15) is 19.7 Å². The Kier molecular flexibility index (Phi) is 4.79. The molecule has 142 valence electrons. The van der Waals surface area contributed by atoms with Crippen LogP contribution in [0, 0.1) is 0 Å². The van der Waals surface area contributed by atoms with Crippen LogP contribution < -0.4 is 10.6 Å². The third-order valence-electron chi connectivity index (χ3n) is 4.31. The van der Waals surface area contributed by atoms with Gasteiger partial charge in [0.25, 0.3) is 0 Å². The summed E-state index contributed by atoms with van der Waals surface area (Å²) in [5, 5.41) is 6.17. The normalized spacial score (nSPS) is 11.1. The van der Waals surface area contributed by atoms with Gasteiger partial charge >= 0.3 is 0 Å². The van der Waals surface area contributed by atoms with Crippen LogP contribution in [0.4, 0.5) is 10.8 Å². The number of carbonyl (C=O) groups excluding carboxylic acids is 2. The van der Waals surface area contributed by atoms with E-state index in [4.69, 9.17) is 0 Å². The zero-order valence-corrected chi connectivity index (χ0v) is 16.3. The molecule has 0 saturated carbocycles. The lowest BCUT2D eigenvalue weighted by molar-refractivity contribution is -0.117. The number of aromatic nitrogens is 3. The Bertz CT molecular complexity index is 1190. The van der Waals surface area contributed by atoms with Crippen LogP contribution in [0.15, 0.2) is 42.5 Å². The Morgan fingerprint density at radius 3 is 2.68 bits per heavy atom. The molecule has 2 N–H and O–H groups in total. The van der Waals surface area contributed by atoms with Crippen molar-refractivity contribution in [2.75, 3.05) is 10.6 Å². The number of para-hydroxylation sites is 2. The van der Waals surface area contributed by atoms with Crippen LogP contribution in [-0.4, -0.2) is 26.3 Å². The Hall–Kier alpha value is -3.26. The molecule has 8 heteroatoms. The highest BCUT2D eigenvalue weighted by Gasteiger charge is 2.13. The number of rotatable bonds is 5. The Balaban J connectivity index is 1.54. The van der Waals surface area contributed by atoms with Crippen LogP contribution in [-0.2, 0) is 22.6 Å². The van der Waals surface area contributed by atoms with E-state index in [0.717, 1.165) is 33.5 Å². The number of aryl methyl sites for hydroxylation is 1. The minimum atomic E-state index is -0.160. The first-order valence-corrected chi connectivity index (χ1v) is 9.77. The molecule has 4 aromatic rings. The number of thiazole rings is 1. The van der Waals surface area contributed by atoms with Crippen molar-refractivity contribution in [3.05, 3.63) is 48.3 Å². The summed E-state index contributed by atoms with van der Waals surface area (Å²) in [4.78, 5) is 32.8. The summed E-state index contributed by atoms with van der Waals surface area (Å²) in [6, 6.07) is 13.3. The standard InChI is InChI=1S/C20H19N5O2S/c1-3-18-23-14-6-4-5-7-16(14)25(18)11-19(27)22-13-8-9-15-17(10-13)28-20(24-15)21-12(2)26/h4-10H,3,11H2,1-2H3,(H,22,27)(H,21,24,26). The van der Waals surface area contributed by atoms with E-state index in [0.29, 0.717) is 10.8 Å². The zero-order valence-electron chi connectivity index (χ0n) is 15.5. The molecule has 2 heterocycles. The number of nitrogens with zero attached hydrogens (tertiary/aromatic N) is 3. The fraction of sp³-hybridized carbons (Fsp3) is 0.200. The van der Waals surface area contributed by atoms with Crippen molar-refractivity contribution in [2.45, 2.75) is 26.8 Å². The summed E-state index contributed by atoms with van der Waals surface area (Å²) >= 11 is 1.37. The van der Waals surface area contributed by atoms with Gasteiger partial charge in [0.05, 0.1) is 21.3 Å². The molecule has 0 saturated heterocycles.